The van der Waals surface area contributed by atoms with Crippen LogP contribution in [0.4, 0.5) is 5.69 Å². The van der Waals surface area contributed by atoms with Gasteiger partial charge in [-0.25, -0.2) is 0 Å². The van der Waals surface area contributed by atoms with Crippen LogP contribution in [0, 0.1) is 10.8 Å². The summed E-state index contributed by atoms with van der Waals surface area (Å²) < 4.78 is 17.0. The van der Waals surface area contributed by atoms with E-state index in [1.165, 1.54) is 6.34 Å². The monoisotopic (exact) mass is 351 g/mol. The second kappa shape index (κ2) is 6.71. The minimum Gasteiger partial charge on any atom is -0.493 e. The van der Waals surface area contributed by atoms with E-state index in [0.717, 1.165) is 29.0 Å². The highest BCUT2D eigenvalue weighted by Crippen LogP contribution is 2.47. The first-order valence-corrected chi connectivity index (χ1v) is 8.75. The van der Waals surface area contributed by atoms with Crippen LogP contribution in [0.1, 0.15) is 36.8 Å². The highest BCUT2D eigenvalue weighted by Gasteiger charge is 2.33. The van der Waals surface area contributed by atoms with Crippen LogP contribution in [0.15, 0.2) is 36.4 Å². The van der Waals surface area contributed by atoms with Crippen molar-refractivity contribution in [1.29, 1.82) is 10.8 Å². The third-order valence-corrected chi connectivity index (χ3v) is 4.73. The van der Waals surface area contributed by atoms with Gasteiger partial charge in [0.2, 0.25) is 6.79 Å². The zero-order valence-electron chi connectivity index (χ0n) is 14.6. The number of anilines is 1. The molecule has 0 bridgehead atoms. The van der Waals surface area contributed by atoms with Crippen molar-refractivity contribution < 1.29 is 14.2 Å². The quantitative estimate of drug-likeness (QED) is 0.627. The third kappa shape index (κ3) is 2.67. The Bertz CT molecular complexity index is 865. The summed E-state index contributed by atoms with van der Waals surface area (Å²) in [6, 6.07) is 11.8. The standard InChI is InChI=1S/C20H21N3O3/c1-2-7-24-17-6-4-3-5-13(17)14-9-20(22)23(11-21)16-10-19-18(8-15(14)16)25-12-26-19/h3-6,8,10-11,14,21-22H,2,7,9,12H2,1H3. The summed E-state index contributed by atoms with van der Waals surface area (Å²) in [5, 5.41) is 16.1. The Morgan fingerprint density at radius 2 is 1.96 bits per heavy atom. The number of hydrogen-bond donors (Lipinski definition) is 2. The van der Waals surface area contributed by atoms with Crippen LogP contribution in [0.3, 0.4) is 0 Å². The van der Waals surface area contributed by atoms with Gasteiger partial charge in [-0.1, -0.05) is 25.1 Å². The van der Waals surface area contributed by atoms with Crippen molar-refractivity contribution in [3.8, 4) is 17.2 Å². The number of amidine groups is 1. The number of ether oxygens (including phenoxy) is 3. The largest absolute Gasteiger partial charge is 0.493 e. The van der Waals surface area contributed by atoms with Crippen molar-refractivity contribution in [3.05, 3.63) is 47.5 Å². The molecule has 4 rings (SSSR count). The van der Waals surface area contributed by atoms with Gasteiger partial charge in [0.25, 0.3) is 0 Å². The minimum absolute atomic E-state index is 0.0312. The van der Waals surface area contributed by atoms with Gasteiger partial charge in [-0.15, -0.1) is 0 Å². The molecule has 134 valence electrons. The number of nitrogens with zero attached hydrogens (tertiary/aromatic N) is 1. The first-order valence-electron chi connectivity index (χ1n) is 8.75. The zero-order valence-corrected chi connectivity index (χ0v) is 14.6. The van der Waals surface area contributed by atoms with E-state index < -0.39 is 0 Å². The fraction of sp³-hybridized carbons (Fsp3) is 0.300. The van der Waals surface area contributed by atoms with E-state index >= 15 is 0 Å². The summed E-state index contributed by atoms with van der Waals surface area (Å²) >= 11 is 0. The van der Waals surface area contributed by atoms with Crippen molar-refractivity contribution in [1.82, 2.24) is 0 Å². The molecule has 0 amide bonds. The molecule has 0 saturated carbocycles. The molecule has 0 aromatic heterocycles. The number of para-hydroxylation sites is 1. The number of rotatable bonds is 5. The lowest BCUT2D eigenvalue weighted by atomic mass is 9.83. The van der Waals surface area contributed by atoms with Crippen LogP contribution >= 0.6 is 0 Å². The molecule has 2 aliphatic heterocycles. The zero-order chi connectivity index (χ0) is 18.1. The van der Waals surface area contributed by atoms with Crippen LogP contribution in [0.25, 0.3) is 0 Å². The van der Waals surface area contributed by atoms with Gasteiger partial charge in [0.05, 0.1) is 18.6 Å². The Labute approximate surface area is 152 Å². The fourth-order valence-corrected chi connectivity index (χ4v) is 3.52. The van der Waals surface area contributed by atoms with Crippen molar-refractivity contribution >= 4 is 17.9 Å². The number of fused-ring (bicyclic) bond motifs is 2. The van der Waals surface area contributed by atoms with Crippen LogP contribution < -0.4 is 19.1 Å². The van der Waals surface area contributed by atoms with Gasteiger partial charge >= 0.3 is 0 Å². The van der Waals surface area contributed by atoms with Gasteiger partial charge in [-0.3, -0.25) is 15.7 Å². The maximum atomic E-state index is 8.42. The first-order chi connectivity index (χ1) is 12.7. The molecule has 0 fully saturated rings. The van der Waals surface area contributed by atoms with Gasteiger partial charge in [0, 0.05) is 24.0 Å². The molecule has 1 atom stereocenters. The summed E-state index contributed by atoms with van der Waals surface area (Å²) in [7, 11) is 0. The van der Waals surface area contributed by atoms with Gasteiger partial charge in [-0.2, -0.15) is 0 Å². The summed E-state index contributed by atoms with van der Waals surface area (Å²) in [4.78, 5) is 1.59. The normalized spacial score (nSPS) is 17.8. The number of nitrogens with one attached hydrogen (secondary N) is 2. The van der Waals surface area contributed by atoms with E-state index in [2.05, 4.69) is 13.0 Å². The van der Waals surface area contributed by atoms with E-state index in [-0.39, 0.29) is 12.7 Å². The summed E-state index contributed by atoms with van der Waals surface area (Å²) in [5.74, 6) is 2.55. The highest BCUT2D eigenvalue weighted by atomic mass is 16.7. The van der Waals surface area contributed by atoms with Crippen molar-refractivity contribution in [2.75, 3.05) is 18.3 Å². The second-order valence-electron chi connectivity index (χ2n) is 6.35. The molecule has 0 aliphatic carbocycles. The molecule has 0 radical (unpaired) electrons. The Balaban J connectivity index is 1.84. The molecule has 2 aromatic carbocycles. The smallest absolute Gasteiger partial charge is 0.231 e. The molecule has 0 saturated heterocycles. The number of benzene rings is 2. The average Bonchev–Trinajstić information content (AvgIpc) is 3.12. The molecule has 2 N–H and O–H groups in total. The van der Waals surface area contributed by atoms with Crippen molar-refractivity contribution in [2.24, 2.45) is 0 Å². The van der Waals surface area contributed by atoms with E-state index in [1.54, 1.807) is 4.90 Å². The van der Waals surface area contributed by atoms with Crippen LogP contribution in [0.2, 0.25) is 0 Å². The topological polar surface area (TPSA) is 78.6 Å². The highest BCUT2D eigenvalue weighted by molar-refractivity contribution is 6.12. The van der Waals surface area contributed by atoms with Gasteiger partial charge < -0.3 is 14.2 Å². The number of hydrogen-bond acceptors (Lipinski definition) is 5. The molecule has 2 aromatic rings. The summed E-state index contributed by atoms with van der Waals surface area (Å²) in [6.45, 7) is 2.93. The maximum absolute atomic E-state index is 8.42. The van der Waals surface area contributed by atoms with Crippen molar-refractivity contribution in [2.45, 2.75) is 25.7 Å². The predicted octanol–water partition coefficient (Wildman–Crippen LogP) is 4.13. The molecule has 6 heteroatoms. The second-order valence-corrected chi connectivity index (χ2v) is 6.35. The molecule has 26 heavy (non-hydrogen) atoms. The minimum atomic E-state index is -0.0312. The lowest BCUT2D eigenvalue weighted by Crippen LogP contribution is -2.35. The Hall–Kier alpha value is -3.02. The Morgan fingerprint density at radius 1 is 1.19 bits per heavy atom. The van der Waals surface area contributed by atoms with Crippen LogP contribution in [-0.2, 0) is 0 Å². The lowest BCUT2D eigenvalue weighted by Gasteiger charge is -2.34. The lowest BCUT2D eigenvalue weighted by molar-refractivity contribution is 0.174. The maximum Gasteiger partial charge on any atom is 0.231 e. The molecular formula is C20H21N3O3. The SMILES string of the molecule is CCCOc1ccccc1C1CC(=N)N(C=N)c2cc3c(cc21)OCO3. The van der Waals surface area contributed by atoms with E-state index in [1.807, 2.05) is 30.3 Å². The van der Waals surface area contributed by atoms with E-state index in [9.17, 15) is 0 Å². The molecule has 2 heterocycles. The molecular weight excluding hydrogens is 330 g/mol. The first kappa shape index (κ1) is 16.4. The Kier molecular flexibility index (Phi) is 4.24. The van der Waals surface area contributed by atoms with E-state index in [0.29, 0.717) is 30.4 Å². The average molecular weight is 351 g/mol. The fourth-order valence-electron chi connectivity index (χ4n) is 3.52. The van der Waals surface area contributed by atoms with E-state index in [4.69, 9.17) is 25.0 Å². The van der Waals surface area contributed by atoms with Gasteiger partial charge in [0.1, 0.15) is 11.6 Å². The van der Waals surface area contributed by atoms with Crippen molar-refractivity contribution in [3.63, 3.8) is 0 Å². The van der Waals surface area contributed by atoms with Crippen LogP contribution in [-0.4, -0.2) is 25.6 Å². The van der Waals surface area contributed by atoms with Gasteiger partial charge in [0.15, 0.2) is 11.5 Å². The molecule has 2 aliphatic rings. The molecule has 6 nitrogen and oxygen atoms in total. The predicted molar refractivity (Wildman–Crippen MR) is 100 cm³/mol. The third-order valence-electron chi connectivity index (χ3n) is 4.73. The summed E-state index contributed by atoms with van der Waals surface area (Å²) in [6.07, 6.45) is 2.61. The molecule has 0 spiro atoms. The van der Waals surface area contributed by atoms with Gasteiger partial charge in [-0.05, 0) is 24.1 Å². The van der Waals surface area contributed by atoms with Crippen LogP contribution in [0.5, 0.6) is 17.2 Å². The molecule has 1 unspecified atom stereocenters. The summed E-state index contributed by atoms with van der Waals surface area (Å²) in [5.41, 5.74) is 2.85. The Morgan fingerprint density at radius 3 is 2.73 bits per heavy atom.